The van der Waals surface area contributed by atoms with Crippen molar-refractivity contribution in [2.24, 2.45) is 0 Å². The zero-order chi connectivity index (χ0) is 31.6. The normalized spacial score (nSPS) is 11.7. The average molecular weight is 697 g/mol. The summed E-state index contributed by atoms with van der Waals surface area (Å²) in [7, 11) is 0. The third kappa shape index (κ3) is 8.95. The summed E-state index contributed by atoms with van der Waals surface area (Å²) in [6, 6.07) is 39.8. The van der Waals surface area contributed by atoms with Crippen LogP contribution in [0.2, 0.25) is 5.02 Å². The van der Waals surface area contributed by atoms with Gasteiger partial charge >= 0.3 is 0 Å². The first-order valence-electron chi connectivity index (χ1n) is 13.9. The van der Waals surface area contributed by atoms with Crippen LogP contribution in [0, 0.1) is 0 Å². The van der Waals surface area contributed by atoms with Crippen molar-refractivity contribution in [2.45, 2.75) is 10.1 Å². The van der Waals surface area contributed by atoms with Gasteiger partial charge in [-0.25, -0.2) is 0 Å². The van der Waals surface area contributed by atoms with Crippen LogP contribution in [0.4, 0.5) is 11.4 Å². The molecule has 5 aromatic rings. The van der Waals surface area contributed by atoms with E-state index in [0.717, 1.165) is 20.5 Å². The average Bonchev–Trinajstić information content (AvgIpc) is 3.06. The van der Waals surface area contributed by atoms with E-state index < -0.39 is 17.1 Å². The van der Waals surface area contributed by atoms with E-state index in [1.807, 2.05) is 78.9 Å². The summed E-state index contributed by atoms with van der Waals surface area (Å²) in [6.45, 7) is 0. The maximum absolute atomic E-state index is 13.4. The molecule has 0 aromatic heterocycles. The van der Waals surface area contributed by atoms with Crippen molar-refractivity contribution >= 4 is 74.5 Å². The fourth-order valence-electron chi connectivity index (χ4n) is 4.28. The molecule has 3 N–H and O–H groups in total. The van der Waals surface area contributed by atoms with Crippen molar-refractivity contribution < 1.29 is 14.4 Å². The molecule has 6 nitrogen and oxygen atoms in total. The highest BCUT2D eigenvalue weighted by molar-refractivity contribution is 9.10. The van der Waals surface area contributed by atoms with Crippen LogP contribution in [0.1, 0.15) is 26.7 Å². The summed E-state index contributed by atoms with van der Waals surface area (Å²) in [5.41, 5.74) is 3.16. The van der Waals surface area contributed by atoms with E-state index in [1.165, 1.54) is 11.8 Å². The summed E-state index contributed by atoms with van der Waals surface area (Å²) >= 11 is 11.1. The number of hydrogen-bond acceptors (Lipinski definition) is 4. The standard InChI is InChI=1S/C36H27BrClN3O3S/c37-27-17-15-24(16-18-27)23-32(41-34(42)26-11-5-2-6-12-26)35(43)39-28-19-21-29(22-20-28)45-33(25-9-3-1-4-10-25)36(44)40-31-14-8-7-13-30(31)38/h1-23,33H,(H,39,43)(H,40,44)(H,41,42)/b32-23-. The SMILES string of the molecule is O=C(Nc1ccc(SC(C(=O)Nc2ccccc2Cl)c2ccccc2)cc1)/C(=C/c1ccc(Br)cc1)NC(=O)c1ccccc1. The monoisotopic (exact) mass is 695 g/mol. The van der Waals surface area contributed by atoms with E-state index in [9.17, 15) is 14.4 Å². The van der Waals surface area contributed by atoms with Gasteiger partial charge in [-0.2, -0.15) is 0 Å². The molecule has 0 saturated carbocycles. The quantitative estimate of drug-likeness (QED) is 0.101. The number of benzene rings is 5. The van der Waals surface area contributed by atoms with Gasteiger partial charge in [0.25, 0.3) is 11.8 Å². The van der Waals surface area contributed by atoms with Crippen LogP contribution >= 0.6 is 39.3 Å². The Morgan fingerprint density at radius 3 is 2.00 bits per heavy atom. The second kappa shape index (κ2) is 15.4. The predicted molar refractivity (Wildman–Crippen MR) is 186 cm³/mol. The highest BCUT2D eigenvalue weighted by Gasteiger charge is 2.23. The molecule has 0 spiro atoms. The Labute approximate surface area is 279 Å². The molecule has 45 heavy (non-hydrogen) atoms. The second-order valence-corrected chi connectivity index (χ2v) is 12.3. The predicted octanol–water partition coefficient (Wildman–Crippen LogP) is 8.98. The van der Waals surface area contributed by atoms with Crippen molar-refractivity contribution in [3.05, 3.63) is 165 Å². The highest BCUT2D eigenvalue weighted by atomic mass is 79.9. The summed E-state index contributed by atoms with van der Waals surface area (Å²) < 4.78 is 0.896. The fraction of sp³-hybridized carbons (Fsp3) is 0.0278. The lowest BCUT2D eigenvalue weighted by molar-refractivity contribution is -0.116. The minimum atomic E-state index is -0.559. The van der Waals surface area contributed by atoms with E-state index in [2.05, 4.69) is 31.9 Å². The number of anilines is 2. The molecule has 0 aliphatic heterocycles. The first kappa shape index (κ1) is 31.8. The van der Waals surface area contributed by atoms with Crippen LogP contribution < -0.4 is 16.0 Å². The highest BCUT2D eigenvalue weighted by Crippen LogP contribution is 2.37. The minimum absolute atomic E-state index is 0.0880. The molecule has 0 aliphatic rings. The lowest BCUT2D eigenvalue weighted by Gasteiger charge is -2.18. The Kier molecular flexibility index (Phi) is 10.9. The number of rotatable bonds is 10. The number of para-hydroxylation sites is 1. The first-order chi connectivity index (χ1) is 21.9. The topological polar surface area (TPSA) is 87.3 Å². The number of carbonyl (C=O) groups is 3. The van der Waals surface area contributed by atoms with Crippen LogP contribution in [-0.2, 0) is 9.59 Å². The summed E-state index contributed by atoms with van der Waals surface area (Å²) in [5, 5.41) is 8.45. The summed E-state index contributed by atoms with van der Waals surface area (Å²) in [6.07, 6.45) is 1.62. The second-order valence-electron chi connectivity index (χ2n) is 9.79. The number of amides is 3. The summed E-state index contributed by atoms with van der Waals surface area (Å²) in [4.78, 5) is 40.6. The summed E-state index contributed by atoms with van der Waals surface area (Å²) in [5.74, 6) is -1.10. The van der Waals surface area contributed by atoms with Gasteiger partial charge in [0.2, 0.25) is 5.91 Å². The van der Waals surface area contributed by atoms with Gasteiger partial charge in [-0.05, 0) is 77.9 Å². The van der Waals surface area contributed by atoms with Crippen LogP contribution in [0.5, 0.6) is 0 Å². The molecule has 1 unspecified atom stereocenters. The Morgan fingerprint density at radius 1 is 0.711 bits per heavy atom. The third-order valence-corrected chi connectivity index (χ3v) is 8.67. The van der Waals surface area contributed by atoms with E-state index in [4.69, 9.17) is 11.6 Å². The van der Waals surface area contributed by atoms with Crippen molar-refractivity contribution in [1.82, 2.24) is 5.32 Å². The van der Waals surface area contributed by atoms with E-state index in [1.54, 1.807) is 60.7 Å². The Balaban J connectivity index is 1.32. The van der Waals surface area contributed by atoms with E-state index >= 15 is 0 Å². The molecule has 224 valence electrons. The zero-order valence-electron chi connectivity index (χ0n) is 23.7. The molecule has 0 saturated heterocycles. The molecule has 3 amide bonds. The van der Waals surface area contributed by atoms with E-state index in [-0.39, 0.29) is 11.6 Å². The molecule has 5 rings (SSSR count). The number of hydrogen-bond donors (Lipinski definition) is 3. The Hall–Kier alpha value is -4.63. The Morgan fingerprint density at radius 2 is 1.33 bits per heavy atom. The lowest BCUT2D eigenvalue weighted by atomic mass is 10.1. The molecule has 0 fully saturated rings. The van der Waals surface area contributed by atoms with Crippen LogP contribution in [0.15, 0.2) is 149 Å². The van der Waals surface area contributed by atoms with Crippen molar-refractivity contribution in [3.63, 3.8) is 0 Å². The molecule has 0 radical (unpaired) electrons. The first-order valence-corrected chi connectivity index (χ1v) is 15.9. The smallest absolute Gasteiger partial charge is 0.272 e. The molecule has 0 bridgehead atoms. The maximum atomic E-state index is 13.4. The zero-order valence-corrected chi connectivity index (χ0v) is 26.9. The number of carbonyl (C=O) groups excluding carboxylic acids is 3. The van der Waals surface area contributed by atoms with Gasteiger partial charge < -0.3 is 16.0 Å². The molecular weight excluding hydrogens is 670 g/mol. The molecule has 9 heteroatoms. The van der Waals surface area contributed by atoms with Crippen molar-refractivity contribution in [1.29, 1.82) is 0 Å². The molecular formula is C36H27BrClN3O3S. The third-order valence-electron chi connectivity index (χ3n) is 6.55. The van der Waals surface area contributed by atoms with Gasteiger partial charge in [0.1, 0.15) is 10.9 Å². The minimum Gasteiger partial charge on any atom is -0.323 e. The van der Waals surface area contributed by atoms with Crippen LogP contribution in [0.25, 0.3) is 6.08 Å². The van der Waals surface area contributed by atoms with Crippen molar-refractivity contribution in [3.8, 4) is 0 Å². The molecule has 0 heterocycles. The van der Waals surface area contributed by atoms with Gasteiger partial charge in [-0.3, -0.25) is 14.4 Å². The number of thioether (sulfide) groups is 1. The van der Waals surface area contributed by atoms with Gasteiger partial charge in [-0.15, -0.1) is 11.8 Å². The molecule has 1 atom stereocenters. The fourth-order valence-corrected chi connectivity index (χ4v) is 5.75. The van der Waals surface area contributed by atoms with E-state index in [0.29, 0.717) is 22.0 Å². The van der Waals surface area contributed by atoms with Gasteiger partial charge in [0, 0.05) is 20.6 Å². The van der Waals surface area contributed by atoms with Gasteiger partial charge in [0.05, 0.1) is 10.7 Å². The van der Waals surface area contributed by atoms with Crippen molar-refractivity contribution in [2.75, 3.05) is 10.6 Å². The number of halogens is 2. The molecule has 5 aromatic carbocycles. The largest absolute Gasteiger partial charge is 0.323 e. The molecule has 0 aliphatic carbocycles. The maximum Gasteiger partial charge on any atom is 0.272 e. The van der Waals surface area contributed by atoms with Gasteiger partial charge in [-0.1, -0.05) is 100 Å². The lowest BCUT2D eigenvalue weighted by Crippen LogP contribution is -2.30. The Bertz CT molecular complexity index is 1820. The van der Waals surface area contributed by atoms with Crippen LogP contribution in [0.3, 0.4) is 0 Å². The number of nitrogens with one attached hydrogen (secondary N) is 3. The van der Waals surface area contributed by atoms with Crippen LogP contribution in [-0.4, -0.2) is 17.7 Å². The van der Waals surface area contributed by atoms with Gasteiger partial charge in [0.15, 0.2) is 0 Å².